The lowest BCUT2D eigenvalue weighted by Crippen LogP contribution is -2.47. The second-order valence-electron chi connectivity index (χ2n) is 8.02. The highest BCUT2D eigenvalue weighted by molar-refractivity contribution is 7.98. The van der Waals surface area contributed by atoms with Crippen LogP contribution in [0.15, 0.2) is 53.4 Å². The molecule has 2 aromatic carbocycles. The van der Waals surface area contributed by atoms with Gasteiger partial charge in [-0.2, -0.15) is 0 Å². The van der Waals surface area contributed by atoms with E-state index in [-0.39, 0.29) is 5.97 Å². The highest BCUT2D eigenvalue weighted by Crippen LogP contribution is 2.41. The molecule has 0 bridgehead atoms. The number of rotatable bonds is 6. The van der Waals surface area contributed by atoms with Crippen LogP contribution in [0, 0.1) is 0 Å². The Labute approximate surface area is 194 Å². The zero-order chi connectivity index (χ0) is 21.6. The van der Waals surface area contributed by atoms with Crippen LogP contribution in [-0.2, 0) is 15.3 Å². The summed E-state index contributed by atoms with van der Waals surface area (Å²) in [7, 11) is 0. The van der Waals surface area contributed by atoms with Gasteiger partial charge in [-0.1, -0.05) is 41.9 Å². The molecule has 0 radical (unpaired) electrons. The standard InChI is InChI=1S/C25H29ClN2O2S/c1-19(29)30-16-15-28-13-11-27(12-14-28)10-4-7-23-22-6-3-2-5-20(22)18-31-25-9-8-21(26)17-24(23)25/h2-3,5-9,17H,4,10-16,18H2,1H3/b23-7-. The first-order valence-electron chi connectivity index (χ1n) is 10.9. The number of fused-ring (bicyclic) bond motifs is 2. The van der Waals surface area contributed by atoms with Gasteiger partial charge in [0.1, 0.15) is 6.61 Å². The zero-order valence-electron chi connectivity index (χ0n) is 18.0. The molecule has 0 saturated carbocycles. The van der Waals surface area contributed by atoms with Crippen molar-refractivity contribution in [1.29, 1.82) is 0 Å². The molecule has 0 atom stereocenters. The van der Waals surface area contributed by atoms with E-state index in [0.717, 1.165) is 56.5 Å². The Bertz CT molecular complexity index is 954. The van der Waals surface area contributed by atoms with Gasteiger partial charge in [0.25, 0.3) is 0 Å². The van der Waals surface area contributed by atoms with Crippen LogP contribution in [0.2, 0.25) is 5.02 Å². The van der Waals surface area contributed by atoms with Gasteiger partial charge >= 0.3 is 5.97 Å². The predicted molar refractivity (Wildman–Crippen MR) is 129 cm³/mol. The molecular weight excluding hydrogens is 428 g/mol. The summed E-state index contributed by atoms with van der Waals surface area (Å²) in [5, 5.41) is 0.787. The summed E-state index contributed by atoms with van der Waals surface area (Å²) < 4.78 is 5.07. The van der Waals surface area contributed by atoms with Gasteiger partial charge in [-0.3, -0.25) is 9.69 Å². The Kier molecular flexibility index (Phi) is 7.72. The summed E-state index contributed by atoms with van der Waals surface area (Å²) >= 11 is 8.26. The molecule has 0 N–H and O–H groups in total. The fourth-order valence-corrected chi connectivity index (χ4v) is 5.44. The molecule has 164 valence electrons. The number of benzene rings is 2. The van der Waals surface area contributed by atoms with E-state index >= 15 is 0 Å². The minimum Gasteiger partial charge on any atom is -0.465 e. The molecule has 0 amide bonds. The summed E-state index contributed by atoms with van der Waals surface area (Å²) in [4.78, 5) is 17.1. The maximum atomic E-state index is 10.9. The molecular formula is C25H29ClN2O2S. The van der Waals surface area contributed by atoms with Gasteiger partial charge in [0.2, 0.25) is 0 Å². The van der Waals surface area contributed by atoms with E-state index in [0.29, 0.717) is 6.61 Å². The van der Waals surface area contributed by atoms with Crippen LogP contribution < -0.4 is 0 Å². The molecule has 1 fully saturated rings. The lowest BCUT2D eigenvalue weighted by molar-refractivity contribution is -0.141. The maximum Gasteiger partial charge on any atom is 0.302 e. The third kappa shape index (κ3) is 5.92. The highest BCUT2D eigenvalue weighted by atomic mass is 35.5. The molecule has 4 nitrogen and oxygen atoms in total. The number of halogens is 1. The van der Waals surface area contributed by atoms with Crippen LogP contribution in [0.1, 0.15) is 30.0 Å². The number of carbonyl (C=O) groups excluding carboxylic acids is 1. The Hall–Kier alpha value is -1.79. The third-order valence-electron chi connectivity index (χ3n) is 5.89. The van der Waals surface area contributed by atoms with E-state index in [1.54, 1.807) is 0 Å². The Morgan fingerprint density at radius 1 is 1.06 bits per heavy atom. The molecule has 31 heavy (non-hydrogen) atoms. The summed E-state index contributed by atoms with van der Waals surface area (Å²) in [6, 6.07) is 15.0. The molecule has 0 aromatic heterocycles. The number of nitrogens with zero attached hydrogens (tertiary/aromatic N) is 2. The predicted octanol–water partition coefficient (Wildman–Crippen LogP) is 4.95. The quantitative estimate of drug-likeness (QED) is 0.574. The largest absolute Gasteiger partial charge is 0.465 e. The Morgan fingerprint density at radius 3 is 2.58 bits per heavy atom. The Balaban J connectivity index is 1.40. The van der Waals surface area contributed by atoms with E-state index in [2.05, 4.69) is 52.3 Å². The molecule has 2 aliphatic heterocycles. The third-order valence-corrected chi connectivity index (χ3v) is 7.25. The molecule has 4 rings (SSSR count). The minimum absolute atomic E-state index is 0.201. The number of thioether (sulfide) groups is 1. The van der Waals surface area contributed by atoms with Crippen LogP contribution in [-0.4, -0.2) is 61.6 Å². The average molecular weight is 457 g/mol. The van der Waals surface area contributed by atoms with Crippen LogP contribution >= 0.6 is 23.4 Å². The molecule has 2 aromatic rings. The van der Waals surface area contributed by atoms with Crippen molar-refractivity contribution in [2.24, 2.45) is 0 Å². The van der Waals surface area contributed by atoms with Crippen molar-refractivity contribution in [2.45, 2.75) is 24.0 Å². The van der Waals surface area contributed by atoms with E-state index < -0.39 is 0 Å². The van der Waals surface area contributed by atoms with Gasteiger partial charge in [0, 0.05) is 61.9 Å². The van der Waals surface area contributed by atoms with Crippen LogP contribution in [0.25, 0.3) is 5.57 Å². The normalized spacial score (nSPS) is 18.3. The molecule has 1 saturated heterocycles. The fraction of sp³-hybridized carbons (Fsp3) is 0.400. The first-order valence-corrected chi connectivity index (χ1v) is 12.3. The average Bonchev–Trinajstić information content (AvgIpc) is 2.92. The smallest absolute Gasteiger partial charge is 0.302 e. The van der Waals surface area contributed by atoms with Crippen molar-refractivity contribution in [3.63, 3.8) is 0 Å². The minimum atomic E-state index is -0.201. The van der Waals surface area contributed by atoms with Crippen molar-refractivity contribution < 1.29 is 9.53 Å². The maximum absolute atomic E-state index is 10.9. The van der Waals surface area contributed by atoms with Crippen LogP contribution in [0.3, 0.4) is 0 Å². The molecule has 0 unspecified atom stereocenters. The first-order chi connectivity index (χ1) is 15.1. The molecule has 2 heterocycles. The monoisotopic (exact) mass is 456 g/mol. The van der Waals surface area contributed by atoms with Gasteiger partial charge in [0.05, 0.1) is 0 Å². The second kappa shape index (κ2) is 10.7. The molecule has 0 spiro atoms. The second-order valence-corrected chi connectivity index (χ2v) is 9.47. The van der Waals surface area contributed by atoms with Gasteiger partial charge in [0.15, 0.2) is 0 Å². The van der Waals surface area contributed by atoms with Crippen molar-refractivity contribution in [2.75, 3.05) is 45.9 Å². The van der Waals surface area contributed by atoms with Crippen molar-refractivity contribution in [3.8, 4) is 0 Å². The molecule has 2 aliphatic rings. The van der Waals surface area contributed by atoms with E-state index in [1.807, 2.05) is 17.8 Å². The summed E-state index contributed by atoms with van der Waals surface area (Å²) in [6.45, 7) is 7.97. The molecule has 0 aliphatic carbocycles. The van der Waals surface area contributed by atoms with Gasteiger partial charge in [-0.25, -0.2) is 0 Å². The van der Waals surface area contributed by atoms with Crippen LogP contribution in [0.4, 0.5) is 0 Å². The van der Waals surface area contributed by atoms with Gasteiger partial charge in [-0.05, 0) is 46.9 Å². The lowest BCUT2D eigenvalue weighted by atomic mass is 9.93. The first kappa shape index (κ1) is 22.4. The van der Waals surface area contributed by atoms with Crippen LogP contribution in [0.5, 0.6) is 0 Å². The fourth-order valence-electron chi connectivity index (χ4n) is 4.21. The zero-order valence-corrected chi connectivity index (χ0v) is 19.6. The number of carbonyl (C=O) groups is 1. The van der Waals surface area contributed by atoms with E-state index in [9.17, 15) is 4.79 Å². The Morgan fingerprint density at radius 2 is 1.81 bits per heavy atom. The number of hydrogen-bond acceptors (Lipinski definition) is 5. The lowest BCUT2D eigenvalue weighted by Gasteiger charge is -2.34. The topological polar surface area (TPSA) is 32.8 Å². The van der Waals surface area contributed by atoms with Crippen molar-refractivity contribution in [3.05, 3.63) is 70.3 Å². The summed E-state index contributed by atoms with van der Waals surface area (Å²) in [6.07, 6.45) is 3.40. The summed E-state index contributed by atoms with van der Waals surface area (Å²) in [5.74, 6) is 0.783. The SMILES string of the molecule is CC(=O)OCCN1CCN(CC/C=C2/c3ccccc3CSc3ccc(Cl)cc32)CC1. The summed E-state index contributed by atoms with van der Waals surface area (Å²) in [5.41, 5.74) is 5.26. The van der Waals surface area contributed by atoms with E-state index in [1.165, 1.54) is 34.1 Å². The number of hydrogen-bond donors (Lipinski definition) is 0. The van der Waals surface area contributed by atoms with Gasteiger partial charge < -0.3 is 9.64 Å². The number of esters is 1. The van der Waals surface area contributed by atoms with Crippen molar-refractivity contribution >= 4 is 34.9 Å². The highest BCUT2D eigenvalue weighted by Gasteiger charge is 2.20. The molecule has 6 heteroatoms. The van der Waals surface area contributed by atoms with Gasteiger partial charge in [-0.15, -0.1) is 11.8 Å². The number of ether oxygens (including phenoxy) is 1. The van der Waals surface area contributed by atoms with E-state index in [4.69, 9.17) is 16.3 Å². The number of piperazine rings is 1. The van der Waals surface area contributed by atoms with Crippen molar-refractivity contribution in [1.82, 2.24) is 9.80 Å².